The van der Waals surface area contributed by atoms with Crippen LogP contribution in [0.4, 0.5) is 0 Å². The highest BCUT2D eigenvalue weighted by atomic mass is 15.3. The molecule has 1 aromatic carbocycles. The molecule has 1 atom stereocenters. The number of aliphatic imine (C=N–C) groups is 1. The van der Waals surface area contributed by atoms with Crippen molar-refractivity contribution in [2.24, 2.45) is 10.9 Å². The SMILES string of the molecule is CCNC(=NCC(C)CN1CCCC1)N(C)Cc1ncc(-c2ccccc2)[nH]1. The minimum absolute atomic E-state index is 0.563. The van der Waals surface area contributed by atoms with E-state index in [1.807, 2.05) is 24.4 Å². The predicted octanol–water partition coefficient (Wildman–Crippen LogP) is 3.21. The van der Waals surface area contributed by atoms with Gasteiger partial charge in [0.1, 0.15) is 5.82 Å². The van der Waals surface area contributed by atoms with Crippen LogP contribution in [-0.2, 0) is 6.54 Å². The summed E-state index contributed by atoms with van der Waals surface area (Å²) in [4.78, 5) is 17.6. The van der Waals surface area contributed by atoms with Gasteiger partial charge < -0.3 is 20.1 Å². The van der Waals surface area contributed by atoms with Gasteiger partial charge in [-0.1, -0.05) is 37.3 Å². The zero-order valence-electron chi connectivity index (χ0n) is 17.5. The molecule has 1 aliphatic rings. The smallest absolute Gasteiger partial charge is 0.194 e. The highest BCUT2D eigenvalue weighted by Crippen LogP contribution is 2.16. The molecular weight excluding hydrogens is 348 g/mol. The van der Waals surface area contributed by atoms with E-state index in [9.17, 15) is 0 Å². The number of H-pyrrole nitrogens is 1. The Morgan fingerprint density at radius 2 is 2.04 bits per heavy atom. The maximum absolute atomic E-state index is 4.88. The highest BCUT2D eigenvalue weighted by molar-refractivity contribution is 5.79. The molecule has 0 spiro atoms. The lowest BCUT2D eigenvalue weighted by Gasteiger charge is -2.23. The van der Waals surface area contributed by atoms with Gasteiger partial charge in [-0.3, -0.25) is 4.99 Å². The minimum atomic E-state index is 0.563. The van der Waals surface area contributed by atoms with Crippen LogP contribution >= 0.6 is 0 Å². The number of aromatic amines is 1. The summed E-state index contributed by atoms with van der Waals surface area (Å²) in [7, 11) is 2.07. The van der Waals surface area contributed by atoms with Crippen LogP contribution in [0.1, 0.15) is 32.5 Å². The summed E-state index contributed by atoms with van der Waals surface area (Å²) in [5, 5.41) is 3.41. The van der Waals surface area contributed by atoms with Gasteiger partial charge in [-0.25, -0.2) is 4.98 Å². The quantitative estimate of drug-likeness (QED) is 0.544. The third-order valence-corrected chi connectivity index (χ3v) is 5.12. The zero-order chi connectivity index (χ0) is 19.8. The average molecular weight is 383 g/mol. The Morgan fingerprint density at radius 3 is 2.75 bits per heavy atom. The number of rotatable bonds is 8. The highest BCUT2D eigenvalue weighted by Gasteiger charge is 2.15. The van der Waals surface area contributed by atoms with Crippen molar-refractivity contribution in [2.45, 2.75) is 33.2 Å². The van der Waals surface area contributed by atoms with Crippen molar-refractivity contribution in [3.63, 3.8) is 0 Å². The Morgan fingerprint density at radius 1 is 1.29 bits per heavy atom. The van der Waals surface area contributed by atoms with E-state index in [-0.39, 0.29) is 0 Å². The second-order valence-corrected chi connectivity index (χ2v) is 7.77. The molecule has 2 N–H and O–H groups in total. The molecule has 28 heavy (non-hydrogen) atoms. The summed E-state index contributed by atoms with van der Waals surface area (Å²) in [5.74, 6) is 2.44. The molecular formula is C22H34N6. The fourth-order valence-electron chi connectivity index (χ4n) is 3.68. The lowest BCUT2D eigenvalue weighted by Crippen LogP contribution is -2.39. The van der Waals surface area contributed by atoms with Crippen molar-refractivity contribution >= 4 is 5.96 Å². The van der Waals surface area contributed by atoms with E-state index in [1.165, 1.54) is 25.9 Å². The Balaban J connectivity index is 1.57. The average Bonchev–Trinajstić information content (AvgIpc) is 3.38. The van der Waals surface area contributed by atoms with Gasteiger partial charge in [0.15, 0.2) is 5.96 Å². The number of likely N-dealkylation sites (tertiary alicyclic amines) is 1. The maximum atomic E-state index is 4.88. The standard InChI is InChI=1S/C22H34N6/c1-4-23-22(25-14-18(2)16-28-12-8-9-13-28)27(3)17-21-24-15-20(26-21)19-10-6-5-7-11-19/h5-7,10-11,15,18H,4,8-9,12-14,16-17H2,1-3H3,(H,23,25)(H,24,26). The van der Waals surface area contributed by atoms with E-state index in [0.29, 0.717) is 12.5 Å². The van der Waals surface area contributed by atoms with Crippen molar-refractivity contribution in [2.75, 3.05) is 39.8 Å². The van der Waals surface area contributed by atoms with Gasteiger partial charge in [-0.15, -0.1) is 0 Å². The molecule has 3 rings (SSSR count). The Labute approximate surface area is 169 Å². The van der Waals surface area contributed by atoms with Crippen LogP contribution in [0.15, 0.2) is 41.5 Å². The van der Waals surface area contributed by atoms with E-state index in [2.05, 4.69) is 58.1 Å². The van der Waals surface area contributed by atoms with E-state index in [0.717, 1.165) is 42.7 Å². The van der Waals surface area contributed by atoms with E-state index in [1.54, 1.807) is 0 Å². The third-order valence-electron chi connectivity index (χ3n) is 5.12. The van der Waals surface area contributed by atoms with Crippen LogP contribution < -0.4 is 5.32 Å². The van der Waals surface area contributed by atoms with Gasteiger partial charge in [-0.2, -0.15) is 0 Å². The number of hydrogen-bond acceptors (Lipinski definition) is 3. The molecule has 1 fully saturated rings. The van der Waals surface area contributed by atoms with Crippen LogP contribution in [-0.4, -0.2) is 65.5 Å². The van der Waals surface area contributed by atoms with Crippen molar-refractivity contribution in [1.29, 1.82) is 0 Å². The predicted molar refractivity (Wildman–Crippen MR) is 116 cm³/mol. The fourth-order valence-corrected chi connectivity index (χ4v) is 3.68. The van der Waals surface area contributed by atoms with E-state index < -0.39 is 0 Å². The summed E-state index contributed by atoms with van der Waals surface area (Å²) in [6, 6.07) is 10.3. The van der Waals surface area contributed by atoms with Crippen LogP contribution in [0.5, 0.6) is 0 Å². The summed E-state index contributed by atoms with van der Waals surface area (Å²) in [6.07, 6.45) is 4.59. The van der Waals surface area contributed by atoms with Gasteiger partial charge in [0, 0.05) is 26.7 Å². The molecule has 2 aromatic rings. The second kappa shape index (κ2) is 10.3. The van der Waals surface area contributed by atoms with Crippen LogP contribution in [0, 0.1) is 5.92 Å². The van der Waals surface area contributed by atoms with Crippen LogP contribution in [0.2, 0.25) is 0 Å². The number of aromatic nitrogens is 2. The van der Waals surface area contributed by atoms with Gasteiger partial charge >= 0.3 is 0 Å². The number of nitrogens with one attached hydrogen (secondary N) is 2. The number of guanidine groups is 1. The molecule has 0 saturated carbocycles. The van der Waals surface area contributed by atoms with Crippen molar-refractivity contribution in [3.05, 3.63) is 42.4 Å². The number of hydrogen-bond donors (Lipinski definition) is 2. The molecule has 1 aromatic heterocycles. The Hall–Kier alpha value is -2.34. The maximum Gasteiger partial charge on any atom is 0.194 e. The first-order valence-corrected chi connectivity index (χ1v) is 10.5. The molecule has 2 heterocycles. The van der Waals surface area contributed by atoms with Gasteiger partial charge in [-0.05, 0) is 44.3 Å². The largest absolute Gasteiger partial charge is 0.357 e. The summed E-state index contributed by atoms with van der Waals surface area (Å²) in [6.45, 7) is 10.4. The fraction of sp³-hybridized carbons (Fsp3) is 0.545. The first-order chi connectivity index (χ1) is 13.7. The molecule has 0 bridgehead atoms. The van der Waals surface area contributed by atoms with Gasteiger partial charge in [0.2, 0.25) is 0 Å². The first kappa shape index (κ1) is 20.4. The Kier molecular flexibility index (Phi) is 7.48. The van der Waals surface area contributed by atoms with E-state index in [4.69, 9.17) is 4.99 Å². The monoisotopic (exact) mass is 382 g/mol. The van der Waals surface area contributed by atoms with Crippen molar-refractivity contribution in [3.8, 4) is 11.3 Å². The molecule has 0 aliphatic carbocycles. The van der Waals surface area contributed by atoms with Gasteiger partial charge in [0.25, 0.3) is 0 Å². The Bertz CT molecular complexity index is 732. The number of nitrogens with zero attached hydrogens (tertiary/aromatic N) is 4. The van der Waals surface area contributed by atoms with Gasteiger partial charge in [0.05, 0.1) is 18.4 Å². The molecule has 1 unspecified atom stereocenters. The lowest BCUT2D eigenvalue weighted by atomic mass is 10.2. The number of imidazole rings is 1. The second-order valence-electron chi connectivity index (χ2n) is 7.77. The first-order valence-electron chi connectivity index (χ1n) is 10.5. The zero-order valence-corrected chi connectivity index (χ0v) is 17.5. The lowest BCUT2D eigenvalue weighted by molar-refractivity contribution is 0.291. The van der Waals surface area contributed by atoms with Crippen molar-refractivity contribution < 1.29 is 0 Å². The summed E-state index contributed by atoms with van der Waals surface area (Å²) in [5.41, 5.74) is 2.20. The molecule has 152 valence electrons. The third kappa shape index (κ3) is 5.83. The minimum Gasteiger partial charge on any atom is -0.357 e. The molecule has 1 aliphatic heterocycles. The van der Waals surface area contributed by atoms with E-state index >= 15 is 0 Å². The van der Waals surface area contributed by atoms with Crippen LogP contribution in [0.3, 0.4) is 0 Å². The molecule has 0 radical (unpaired) electrons. The molecule has 0 amide bonds. The molecule has 6 nitrogen and oxygen atoms in total. The molecule has 6 heteroatoms. The topological polar surface area (TPSA) is 59.6 Å². The summed E-state index contributed by atoms with van der Waals surface area (Å²) < 4.78 is 0. The molecule has 1 saturated heterocycles. The van der Waals surface area contributed by atoms with Crippen LogP contribution in [0.25, 0.3) is 11.3 Å². The number of benzene rings is 1. The summed E-state index contributed by atoms with van der Waals surface area (Å²) >= 11 is 0. The van der Waals surface area contributed by atoms with Crippen molar-refractivity contribution in [1.82, 2.24) is 25.1 Å². The normalized spacial score (nSPS) is 16.3.